The van der Waals surface area contributed by atoms with E-state index in [1.807, 2.05) is 24.4 Å². The zero-order chi connectivity index (χ0) is 12.6. The Balaban J connectivity index is 1.95. The van der Waals surface area contributed by atoms with Gasteiger partial charge in [0, 0.05) is 18.5 Å². The highest BCUT2D eigenvalue weighted by atomic mass is 15.1. The van der Waals surface area contributed by atoms with E-state index in [0.29, 0.717) is 0 Å². The Kier molecular flexibility index (Phi) is 4.57. The number of terminal acetylenes is 1. The zero-order valence-corrected chi connectivity index (χ0v) is 10.3. The highest BCUT2D eigenvalue weighted by Gasteiger charge is 2.06. The van der Waals surface area contributed by atoms with Crippen LogP contribution in [0.3, 0.4) is 0 Å². The monoisotopic (exact) mass is 239 g/mol. The zero-order valence-electron chi connectivity index (χ0n) is 10.3. The number of H-pyrrole nitrogens is 1. The molecule has 1 aromatic carbocycles. The standard InChI is InChI=1S/C15H17N3/c1-2-3-7-10-16-11-14-12-17-18-15(14)13-8-5-4-6-9-13/h1,4-6,8-9,12,16H,3,7,10-11H2,(H,17,18). The van der Waals surface area contributed by atoms with Crippen LogP contribution in [-0.2, 0) is 6.54 Å². The van der Waals surface area contributed by atoms with Gasteiger partial charge in [-0.1, -0.05) is 30.3 Å². The number of hydrogen-bond donors (Lipinski definition) is 2. The lowest BCUT2D eigenvalue weighted by Crippen LogP contribution is -2.14. The molecule has 0 atom stereocenters. The van der Waals surface area contributed by atoms with Crippen LogP contribution in [0.15, 0.2) is 36.5 Å². The number of hydrogen-bond acceptors (Lipinski definition) is 2. The first-order chi connectivity index (χ1) is 8.92. The van der Waals surface area contributed by atoms with Crippen LogP contribution in [0.1, 0.15) is 18.4 Å². The van der Waals surface area contributed by atoms with Crippen molar-refractivity contribution in [1.29, 1.82) is 0 Å². The smallest absolute Gasteiger partial charge is 0.0695 e. The molecule has 0 aliphatic carbocycles. The number of aromatic amines is 1. The van der Waals surface area contributed by atoms with Crippen LogP contribution in [0.2, 0.25) is 0 Å². The minimum Gasteiger partial charge on any atom is -0.313 e. The van der Waals surface area contributed by atoms with Crippen molar-refractivity contribution < 1.29 is 0 Å². The average molecular weight is 239 g/mol. The number of aromatic nitrogens is 2. The maximum atomic E-state index is 5.21. The van der Waals surface area contributed by atoms with Crippen LogP contribution in [-0.4, -0.2) is 16.7 Å². The third-order valence-corrected chi connectivity index (χ3v) is 2.77. The lowest BCUT2D eigenvalue weighted by atomic mass is 10.1. The van der Waals surface area contributed by atoms with Gasteiger partial charge >= 0.3 is 0 Å². The molecule has 3 nitrogen and oxygen atoms in total. The summed E-state index contributed by atoms with van der Waals surface area (Å²) in [5.74, 6) is 2.64. The largest absolute Gasteiger partial charge is 0.313 e. The fourth-order valence-electron chi connectivity index (χ4n) is 1.84. The molecule has 0 amide bonds. The van der Waals surface area contributed by atoms with Crippen LogP contribution in [0.25, 0.3) is 11.3 Å². The van der Waals surface area contributed by atoms with Crippen molar-refractivity contribution in [3.8, 4) is 23.6 Å². The normalized spacial score (nSPS) is 10.2. The van der Waals surface area contributed by atoms with Gasteiger partial charge in [-0.25, -0.2) is 0 Å². The van der Waals surface area contributed by atoms with Gasteiger partial charge in [-0.2, -0.15) is 5.10 Å². The Morgan fingerprint density at radius 2 is 2.11 bits per heavy atom. The van der Waals surface area contributed by atoms with Crippen molar-refractivity contribution in [2.75, 3.05) is 6.54 Å². The lowest BCUT2D eigenvalue weighted by Gasteiger charge is -2.04. The Labute approximate surface area is 108 Å². The number of benzene rings is 1. The van der Waals surface area contributed by atoms with Crippen LogP contribution < -0.4 is 5.32 Å². The molecule has 0 saturated heterocycles. The van der Waals surface area contributed by atoms with Crippen LogP contribution in [0.5, 0.6) is 0 Å². The van der Waals surface area contributed by atoms with Crippen LogP contribution >= 0.6 is 0 Å². The molecule has 0 saturated carbocycles. The summed E-state index contributed by atoms with van der Waals surface area (Å²) in [6.07, 6.45) is 8.92. The second-order valence-electron chi connectivity index (χ2n) is 4.12. The van der Waals surface area contributed by atoms with Gasteiger partial charge in [0.1, 0.15) is 0 Å². The van der Waals surface area contributed by atoms with E-state index < -0.39 is 0 Å². The fraction of sp³-hybridized carbons (Fsp3) is 0.267. The first-order valence-corrected chi connectivity index (χ1v) is 6.13. The van der Waals surface area contributed by atoms with Crippen molar-refractivity contribution in [3.05, 3.63) is 42.1 Å². The summed E-state index contributed by atoms with van der Waals surface area (Å²) in [6.45, 7) is 1.74. The topological polar surface area (TPSA) is 40.7 Å². The Morgan fingerprint density at radius 3 is 2.89 bits per heavy atom. The van der Waals surface area contributed by atoms with E-state index in [9.17, 15) is 0 Å². The SMILES string of the molecule is C#CCCCNCc1cn[nH]c1-c1ccccc1. The van der Waals surface area contributed by atoms with Gasteiger partial charge in [0.25, 0.3) is 0 Å². The predicted molar refractivity (Wildman–Crippen MR) is 73.8 cm³/mol. The van der Waals surface area contributed by atoms with E-state index in [1.54, 1.807) is 0 Å². The number of rotatable bonds is 6. The lowest BCUT2D eigenvalue weighted by molar-refractivity contribution is 0.660. The summed E-state index contributed by atoms with van der Waals surface area (Å²) in [5.41, 5.74) is 3.43. The summed E-state index contributed by atoms with van der Waals surface area (Å²) >= 11 is 0. The number of nitrogens with one attached hydrogen (secondary N) is 2. The molecule has 2 aromatic rings. The van der Waals surface area contributed by atoms with Gasteiger partial charge in [-0.3, -0.25) is 5.10 Å². The third kappa shape index (κ3) is 3.22. The summed E-state index contributed by atoms with van der Waals surface area (Å²) < 4.78 is 0. The van der Waals surface area contributed by atoms with Crippen molar-refractivity contribution >= 4 is 0 Å². The van der Waals surface area contributed by atoms with Gasteiger partial charge < -0.3 is 5.32 Å². The van der Waals surface area contributed by atoms with E-state index in [4.69, 9.17) is 6.42 Å². The summed E-state index contributed by atoms with van der Waals surface area (Å²) in [7, 11) is 0. The van der Waals surface area contributed by atoms with Crippen molar-refractivity contribution in [3.63, 3.8) is 0 Å². The van der Waals surface area contributed by atoms with E-state index in [0.717, 1.165) is 37.2 Å². The summed E-state index contributed by atoms with van der Waals surface area (Å²) in [5, 5.41) is 10.5. The molecule has 2 N–H and O–H groups in total. The minimum atomic E-state index is 0.811. The Hall–Kier alpha value is -2.05. The molecule has 18 heavy (non-hydrogen) atoms. The van der Waals surface area contributed by atoms with Gasteiger partial charge in [-0.15, -0.1) is 12.3 Å². The van der Waals surface area contributed by atoms with Gasteiger partial charge in [0.2, 0.25) is 0 Å². The molecular formula is C15H17N3. The number of unbranched alkanes of at least 4 members (excludes halogenated alkanes) is 1. The fourth-order valence-corrected chi connectivity index (χ4v) is 1.84. The maximum Gasteiger partial charge on any atom is 0.0695 e. The minimum absolute atomic E-state index is 0.811. The first kappa shape index (κ1) is 12.4. The molecule has 0 aliphatic heterocycles. The van der Waals surface area contributed by atoms with Crippen molar-refractivity contribution in [1.82, 2.24) is 15.5 Å². The number of nitrogens with zero attached hydrogens (tertiary/aromatic N) is 1. The molecule has 0 bridgehead atoms. The highest BCUT2D eigenvalue weighted by molar-refractivity contribution is 5.62. The molecule has 2 rings (SSSR count). The van der Waals surface area contributed by atoms with E-state index in [2.05, 4.69) is 33.6 Å². The predicted octanol–water partition coefficient (Wildman–Crippen LogP) is 2.58. The molecule has 0 spiro atoms. The van der Waals surface area contributed by atoms with Crippen molar-refractivity contribution in [2.45, 2.75) is 19.4 Å². The Bertz CT molecular complexity index is 508. The van der Waals surface area contributed by atoms with Gasteiger partial charge in [-0.05, 0) is 18.5 Å². The summed E-state index contributed by atoms with van der Waals surface area (Å²) in [4.78, 5) is 0. The summed E-state index contributed by atoms with van der Waals surface area (Å²) in [6, 6.07) is 10.2. The van der Waals surface area contributed by atoms with Gasteiger partial charge in [0.15, 0.2) is 0 Å². The quantitative estimate of drug-likeness (QED) is 0.601. The molecule has 1 heterocycles. The second-order valence-corrected chi connectivity index (χ2v) is 4.12. The molecule has 0 fully saturated rings. The second kappa shape index (κ2) is 6.63. The molecule has 0 unspecified atom stereocenters. The van der Waals surface area contributed by atoms with Crippen LogP contribution in [0.4, 0.5) is 0 Å². The Morgan fingerprint density at radius 1 is 1.28 bits per heavy atom. The van der Waals surface area contributed by atoms with Crippen molar-refractivity contribution in [2.24, 2.45) is 0 Å². The van der Waals surface area contributed by atoms with Crippen LogP contribution in [0, 0.1) is 12.3 Å². The third-order valence-electron chi connectivity index (χ3n) is 2.77. The van der Waals surface area contributed by atoms with E-state index >= 15 is 0 Å². The molecule has 92 valence electrons. The molecule has 1 aromatic heterocycles. The molecule has 3 heteroatoms. The van der Waals surface area contributed by atoms with E-state index in [1.165, 1.54) is 5.56 Å². The first-order valence-electron chi connectivity index (χ1n) is 6.13. The maximum absolute atomic E-state index is 5.21. The highest BCUT2D eigenvalue weighted by Crippen LogP contribution is 2.20. The molecular weight excluding hydrogens is 222 g/mol. The molecule has 0 aliphatic rings. The average Bonchev–Trinajstić information content (AvgIpc) is 2.88. The van der Waals surface area contributed by atoms with Gasteiger partial charge in [0.05, 0.1) is 11.9 Å². The van der Waals surface area contributed by atoms with E-state index in [-0.39, 0.29) is 0 Å². The molecule has 0 radical (unpaired) electrons.